The number of benzene rings is 2. The van der Waals surface area contributed by atoms with Crippen LogP contribution in [0.5, 0.6) is 0 Å². The van der Waals surface area contributed by atoms with E-state index in [1.165, 1.54) is 13.3 Å². The maximum Gasteiger partial charge on any atom is 0.339 e. The number of esters is 1. The molecule has 0 radical (unpaired) electrons. The molecule has 6 nitrogen and oxygen atoms in total. The Morgan fingerprint density at radius 2 is 1.79 bits per heavy atom. The van der Waals surface area contributed by atoms with E-state index in [1.54, 1.807) is 36.4 Å². The van der Waals surface area contributed by atoms with Gasteiger partial charge >= 0.3 is 5.97 Å². The molecule has 7 heteroatoms. The number of nitrogens with one attached hydrogen (secondary N) is 2. The molecule has 1 amide bonds. The van der Waals surface area contributed by atoms with Crippen LogP contribution in [0.1, 0.15) is 26.4 Å². The summed E-state index contributed by atoms with van der Waals surface area (Å²) in [5.74, 6) is -0.974. The highest BCUT2D eigenvalue weighted by Gasteiger charge is 2.15. The van der Waals surface area contributed by atoms with Crippen molar-refractivity contribution in [2.45, 2.75) is 6.92 Å². The second-order valence-corrected chi connectivity index (χ2v) is 6.37. The minimum Gasteiger partial charge on any atom is -0.465 e. The van der Waals surface area contributed by atoms with Gasteiger partial charge < -0.3 is 15.4 Å². The Kier molecular flexibility index (Phi) is 5.91. The minimum atomic E-state index is -0.532. The molecule has 1 heterocycles. The molecular formula is C21H18ClN3O3. The van der Waals surface area contributed by atoms with E-state index >= 15 is 0 Å². The molecule has 1 aromatic heterocycles. The molecule has 0 bridgehead atoms. The number of aromatic nitrogens is 1. The summed E-state index contributed by atoms with van der Waals surface area (Å²) in [5.41, 5.74) is 3.24. The summed E-state index contributed by atoms with van der Waals surface area (Å²) in [5, 5.41) is 6.58. The van der Waals surface area contributed by atoms with Crippen molar-refractivity contribution in [2.75, 3.05) is 17.7 Å². The van der Waals surface area contributed by atoms with Crippen molar-refractivity contribution in [3.05, 3.63) is 82.6 Å². The number of methoxy groups -OCH3 is 1. The van der Waals surface area contributed by atoms with Crippen LogP contribution in [0.3, 0.4) is 0 Å². The van der Waals surface area contributed by atoms with E-state index in [0.29, 0.717) is 16.4 Å². The van der Waals surface area contributed by atoms with Gasteiger partial charge in [0.1, 0.15) is 5.69 Å². The van der Waals surface area contributed by atoms with E-state index in [9.17, 15) is 9.59 Å². The first-order valence-electron chi connectivity index (χ1n) is 8.46. The summed E-state index contributed by atoms with van der Waals surface area (Å²) in [6.45, 7) is 1.91. The summed E-state index contributed by atoms with van der Waals surface area (Å²) in [4.78, 5) is 28.6. The second-order valence-electron chi connectivity index (χ2n) is 5.96. The molecule has 0 fully saturated rings. The van der Waals surface area contributed by atoms with Crippen molar-refractivity contribution in [3.63, 3.8) is 0 Å². The summed E-state index contributed by atoms with van der Waals surface area (Å²) in [6, 6.07) is 15.5. The topological polar surface area (TPSA) is 80.3 Å². The van der Waals surface area contributed by atoms with E-state index in [0.717, 1.165) is 11.3 Å². The average Bonchev–Trinajstić information content (AvgIpc) is 2.71. The fraction of sp³-hybridized carbons (Fsp3) is 0.0952. The van der Waals surface area contributed by atoms with Crippen LogP contribution in [-0.2, 0) is 4.74 Å². The van der Waals surface area contributed by atoms with Crippen LogP contribution >= 0.6 is 11.6 Å². The molecule has 0 aliphatic carbocycles. The van der Waals surface area contributed by atoms with Gasteiger partial charge in [0, 0.05) is 22.6 Å². The second kappa shape index (κ2) is 8.54. The highest BCUT2D eigenvalue weighted by atomic mass is 35.5. The van der Waals surface area contributed by atoms with Gasteiger partial charge in [-0.2, -0.15) is 0 Å². The SMILES string of the molecule is COC(=O)c1ccccc1NC(=O)c1cc(Nc2cccc(Cl)c2C)ccn1. The Bertz CT molecular complexity index is 1040. The molecule has 3 rings (SSSR count). The quantitative estimate of drug-likeness (QED) is 0.605. The van der Waals surface area contributed by atoms with E-state index < -0.39 is 11.9 Å². The van der Waals surface area contributed by atoms with E-state index in [1.807, 2.05) is 25.1 Å². The smallest absolute Gasteiger partial charge is 0.339 e. The first kappa shape index (κ1) is 19.4. The predicted molar refractivity (Wildman–Crippen MR) is 109 cm³/mol. The number of nitrogens with zero attached hydrogens (tertiary/aromatic N) is 1. The first-order valence-corrected chi connectivity index (χ1v) is 8.84. The van der Waals surface area contributed by atoms with Gasteiger partial charge in [0.2, 0.25) is 0 Å². The predicted octanol–water partition coefficient (Wildman–Crippen LogP) is 4.83. The summed E-state index contributed by atoms with van der Waals surface area (Å²) < 4.78 is 4.74. The molecule has 0 atom stereocenters. The highest BCUT2D eigenvalue weighted by molar-refractivity contribution is 6.31. The number of anilines is 3. The van der Waals surface area contributed by atoms with Crippen molar-refractivity contribution in [1.29, 1.82) is 0 Å². The summed E-state index contributed by atoms with van der Waals surface area (Å²) in [7, 11) is 1.29. The third-order valence-corrected chi connectivity index (χ3v) is 4.53. The molecule has 28 heavy (non-hydrogen) atoms. The lowest BCUT2D eigenvalue weighted by Crippen LogP contribution is -2.16. The zero-order valence-corrected chi connectivity index (χ0v) is 16.1. The third-order valence-electron chi connectivity index (χ3n) is 4.12. The van der Waals surface area contributed by atoms with Crippen LogP contribution < -0.4 is 10.6 Å². The van der Waals surface area contributed by atoms with Gasteiger partial charge in [-0.05, 0) is 48.9 Å². The Morgan fingerprint density at radius 3 is 2.57 bits per heavy atom. The molecule has 0 spiro atoms. The first-order chi connectivity index (χ1) is 13.5. The van der Waals surface area contributed by atoms with Crippen LogP contribution in [0.15, 0.2) is 60.8 Å². The van der Waals surface area contributed by atoms with Crippen LogP contribution in [0.25, 0.3) is 0 Å². The number of halogens is 1. The number of amides is 1. The van der Waals surface area contributed by atoms with Crippen molar-refractivity contribution >= 4 is 40.5 Å². The maximum absolute atomic E-state index is 12.6. The number of hydrogen-bond acceptors (Lipinski definition) is 5. The van der Waals surface area contributed by atoms with Crippen molar-refractivity contribution in [1.82, 2.24) is 4.98 Å². The van der Waals surface area contributed by atoms with Crippen molar-refractivity contribution in [3.8, 4) is 0 Å². The zero-order chi connectivity index (χ0) is 20.1. The molecular weight excluding hydrogens is 378 g/mol. The molecule has 2 aromatic carbocycles. The van der Waals surface area contributed by atoms with Gasteiger partial charge in [-0.25, -0.2) is 4.79 Å². The Labute approximate surface area is 167 Å². The average molecular weight is 396 g/mol. The molecule has 3 aromatic rings. The van der Waals surface area contributed by atoms with Crippen LogP contribution in [-0.4, -0.2) is 24.0 Å². The van der Waals surface area contributed by atoms with Gasteiger partial charge in [-0.15, -0.1) is 0 Å². The maximum atomic E-state index is 12.6. The largest absolute Gasteiger partial charge is 0.465 e. The zero-order valence-electron chi connectivity index (χ0n) is 15.3. The van der Waals surface area contributed by atoms with Crippen LogP contribution in [0.2, 0.25) is 5.02 Å². The monoisotopic (exact) mass is 395 g/mol. The number of hydrogen-bond donors (Lipinski definition) is 2. The normalized spacial score (nSPS) is 10.2. The summed E-state index contributed by atoms with van der Waals surface area (Å²) in [6.07, 6.45) is 1.53. The number of rotatable bonds is 5. The van der Waals surface area contributed by atoms with Crippen molar-refractivity contribution < 1.29 is 14.3 Å². The van der Waals surface area contributed by atoms with Gasteiger partial charge in [-0.1, -0.05) is 29.8 Å². The fourth-order valence-electron chi connectivity index (χ4n) is 2.60. The molecule has 0 saturated carbocycles. The van der Waals surface area contributed by atoms with Crippen molar-refractivity contribution in [2.24, 2.45) is 0 Å². The molecule has 0 aliphatic rings. The van der Waals surface area contributed by atoms with Gasteiger partial charge in [0.25, 0.3) is 5.91 Å². The van der Waals surface area contributed by atoms with E-state index in [2.05, 4.69) is 15.6 Å². The lowest BCUT2D eigenvalue weighted by atomic mass is 10.1. The Morgan fingerprint density at radius 1 is 1.04 bits per heavy atom. The van der Waals surface area contributed by atoms with E-state index in [4.69, 9.17) is 16.3 Å². The van der Waals surface area contributed by atoms with Gasteiger partial charge in [0.05, 0.1) is 18.4 Å². The molecule has 2 N–H and O–H groups in total. The highest BCUT2D eigenvalue weighted by Crippen LogP contribution is 2.26. The fourth-order valence-corrected chi connectivity index (χ4v) is 2.77. The van der Waals surface area contributed by atoms with Gasteiger partial charge in [-0.3, -0.25) is 9.78 Å². The third kappa shape index (κ3) is 4.29. The molecule has 0 unspecified atom stereocenters. The lowest BCUT2D eigenvalue weighted by Gasteiger charge is -2.12. The molecule has 0 aliphatic heterocycles. The number of carbonyl (C=O) groups excluding carboxylic acids is 2. The number of para-hydroxylation sites is 1. The van der Waals surface area contributed by atoms with Crippen LogP contribution in [0, 0.1) is 6.92 Å². The summed E-state index contributed by atoms with van der Waals surface area (Å²) >= 11 is 6.15. The minimum absolute atomic E-state index is 0.198. The van der Waals surface area contributed by atoms with E-state index in [-0.39, 0.29) is 11.3 Å². The number of ether oxygens (including phenoxy) is 1. The number of pyridine rings is 1. The lowest BCUT2D eigenvalue weighted by molar-refractivity contribution is 0.0602. The van der Waals surface area contributed by atoms with Gasteiger partial charge in [0.15, 0.2) is 0 Å². The molecule has 0 saturated heterocycles. The Hall–Kier alpha value is -3.38. The number of carbonyl (C=O) groups is 2. The molecule has 142 valence electrons. The van der Waals surface area contributed by atoms with Crippen LogP contribution in [0.4, 0.5) is 17.1 Å². The Balaban J connectivity index is 1.82. The standard InChI is InChI=1S/C21H18ClN3O3/c1-13-16(22)7-5-9-17(13)24-14-10-11-23-19(12-14)20(26)25-18-8-4-3-6-15(18)21(27)28-2/h3-12H,1-2H3,(H,23,24)(H,25,26).